The maximum absolute atomic E-state index is 8.06. The fourth-order valence-corrected chi connectivity index (χ4v) is 0. The Morgan fingerprint density at radius 3 is 1.40 bits per heavy atom. The second-order valence-electron chi connectivity index (χ2n) is 1.09. The Balaban J connectivity index is 0. The van der Waals surface area contributed by atoms with Gasteiger partial charge >= 0.3 is 0 Å². The van der Waals surface area contributed by atoms with Crippen LogP contribution in [0.15, 0.2) is 0 Å². The molecule has 5 heavy (non-hydrogen) atoms. The number of hydrogen-bond acceptors (Lipinski definition) is 1. The standard InChI is InChI=1S/C3H8O.Na/c1-3(2)4;/h3-4H,1-2H3;. The largest absolute Gasteiger partial charge is 0.394 e. The minimum atomic E-state index is -0.167. The Hall–Kier alpha value is 0.960. The van der Waals surface area contributed by atoms with Crippen LogP contribution in [0.5, 0.6) is 0 Å². The first-order valence-corrected chi connectivity index (χ1v) is 1.41. The Morgan fingerprint density at radius 1 is 1.40 bits per heavy atom. The molecule has 1 nitrogen and oxygen atoms in total. The first-order valence-electron chi connectivity index (χ1n) is 1.41. The molecule has 0 saturated carbocycles. The van der Waals surface area contributed by atoms with Crippen LogP contribution in [0.25, 0.3) is 0 Å². The normalized spacial score (nSPS) is 7.20. The summed E-state index contributed by atoms with van der Waals surface area (Å²) in [5.41, 5.74) is 0. The average molecular weight is 83.1 g/mol. The number of aliphatic hydroxyl groups excluding tert-OH is 1. The molecule has 0 aliphatic carbocycles. The van der Waals surface area contributed by atoms with Gasteiger partial charge in [-0.15, -0.1) is 0 Å². The van der Waals surface area contributed by atoms with E-state index in [-0.39, 0.29) is 35.7 Å². The van der Waals surface area contributed by atoms with Crippen molar-refractivity contribution in [3.8, 4) is 0 Å². The summed E-state index contributed by atoms with van der Waals surface area (Å²) >= 11 is 0. The molecule has 0 aliphatic rings. The predicted octanol–water partition coefficient (Wildman–Crippen LogP) is 0.00630. The van der Waals surface area contributed by atoms with Gasteiger partial charge in [-0.05, 0) is 13.8 Å². The molecule has 0 aromatic carbocycles. The molecule has 0 fully saturated rings. The van der Waals surface area contributed by atoms with Crippen LogP contribution in [0, 0.1) is 0 Å². The molecule has 0 amide bonds. The van der Waals surface area contributed by atoms with Gasteiger partial charge in [0.25, 0.3) is 0 Å². The Morgan fingerprint density at radius 2 is 1.40 bits per heavy atom. The quantitative estimate of drug-likeness (QED) is 0.409. The summed E-state index contributed by atoms with van der Waals surface area (Å²) in [6.45, 7) is 3.44. The minimum Gasteiger partial charge on any atom is -0.394 e. The summed E-state index contributed by atoms with van der Waals surface area (Å²) in [5, 5.41) is 8.06. The van der Waals surface area contributed by atoms with Gasteiger partial charge in [0.15, 0.2) is 0 Å². The Labute approximate surface area is 54.7 Å². The van der Waals surface area contributed by atoms with Gasteiger partial charge in [0.1, 0.15) is 0 Å². The summed E-state index contributed by atoms with van der Waals surface area (Å²) in [7, 11) is 0. The first kappa shape index (κ1) is 9.35. The molecule has 0 bridgehead atoms. The van der Waals surface area contributed by atoms with E-state index in [0.29, 0.717) is 0 Å². The fraction of sp³-hybridized carbons (Fsp3) is 1.00. The van der Waals surface area contributed by atoms with Gasteiger partial charge in [-0.3, -0.25) is 0 Å². The number of rotatable bonds is 0. The molecule has 0 spiro atoms. The third-order valence-corrected chi connectivity index (χ3v) is 0. The molecule has 27 valence electrons. The van der Waals surface area contributed by atoms with Crippen LogP contribution in [-0.4, -0.2) is 40.8 Å². The fourth-order valence-electron chi connectivity index (χ4n) is 0. The zero-order chi connectivity index (χ0) is 3.58. The molecule has 1 N–H and O–H groups in total. The molecule has 0 rings (SSSR count). The van der Waals surface area contributed by atoms with Crippen LogP contribution < -0.4 is 0 Å². The van der Waals surface area contributed by atoms with E-state index in [1.165, 1.54) is 0 Å². The van der Waals surface area contributed by atoms with Gasteiger partial charge in [-0.2, -0.15) is 0 Å². The van der Waals surface area contributed by atoms with Gasteiger partial charge in [0.05, 0.1) is 0 Å². The molecular formula is C3H8NaO. The molecule has 2 heteroatoms. The SMILES string of the molecule is CC(C)O.[Na]. The predicted molar refractivity (Wildman–Crippen MR) is 23.1 cm³/mol. The van der Waals surface area contributed by atoms with Crippen molar-refractivity contribution in [3.63, 3.8) is 0 Å². The summed E-state index contributed by atoms with van der Waals surface area (Å²) < 4.78 is 0. The van der Waals surface area contributed by atoms with Crippen LogP contribution in [0.4, 0.5) is 0 Å². The Bertz CT molecular complexity index is 11.6. The summed E-state index contributed by atoms with van der Waals surface area (Å²) in [5.74, 6) is 0. The van der Waals surface area contributed by atoms with E-state index in [9.17, 15) is 0 Å². The summed E-state index contributed by atoms with van der Waals surface area (Å²) in [6, 6.07) is 0. The van der Waals surface area contributed by atoms with Crippen molar-refractivity contribution >= 4 is 29.6 Å². The van der Waals surface area contributed by atoms with E-state index in [4.69, 9.17) is 5.11 Å². The van der Waals surface area contributed by atoms with Crippen molar-refractivity contribution in [1.29, 1.82) is 0 Å². The molecule has 0 aromatic heterocycles. The molecular weight excluding hydrogens is 75.0 g/mol. The average Bonchev–Trinajstić information content (AvgIpc) is 0.811. The smallest absolute Gasteiger partial charge is 0.0483 e. The van der Waals surface area contributed by atoms with E-state index in [1.807, 2.05) is 0 Å². The van der Waals surface area contributed by atoms with Crippen molar-refractivity contribution in [2.45, 2.75) is 20.0 Å². The van der Waals surface area contributed by atoms with Gasteiger partial charge in [-0.1, -0.05) is 0 Å². The Kier molecular flexibility index (Phi) is 9.28. The number of hydrogen-bond donors (Lipinski definition) is 1. The molecule has 0 aromatic rings. The van der Waals surface area contributed by atoms with Crippen LogP contribution in [-0.2, 0) is 0 Å². The van der Waals surface area contributed by atoms with E-state index in [1.54, 1.807) is 13.8 Å². The van der Waals surface area contributed by atoms with E-state index in [2.05, 4.69) is 0 Å². The zero-order valence-electron chi connectivity index (χ0n) is 4.02. The van der Waals surface area contributed by atoms with Gasteiger partial charge in [0, 0.05) is 35.7 Å². The van der Waals surface area contributed by atoms with Gasteiger partial charge in [-0.25, -0.2) is 0 Å². The molecule has 0 aliphatic heterocycles. The van der Waals surface area contributed by atoms with E-state index in [0.717, 1.165) is 0 Å². The molecule has 0 unspecified atom stereocenters. The second kappa shape index (κ2) is 4.96. The number of aliphatic hydroxyl groups is 1. The third-order valence-electron chi connectivity index (χ3n) is 0. The van der Waals surface area contributed by atoms with Crippen molar-refractivity contribution in [1.82, 2.24) is 0 Å². The van der Waals surface area contributed by atoms with Crippen molar-refractivity contribution in [3.05, 3.63) is 0 Å². The zero-order valence-corrected chi connectivity index (χ0v) is 6.02. The topological polar surface area (TPSA) is 20.2 Å². The molecule has 0 saturated heterocycles. The molecule has 0 heterocycles. The van der Waals surface area contributed by atoms with Gasteiger partial charge < -0.3 is 5.11 Å². The van der Waals surface area contributed by atoms with Crippen molar-refractivity contribution in [2.24, 2.45) is 0 Å². The van der Waals surface area contributed by atoms with Crippen LogP contribution in [0.1, 0.15) is 13.8 Å². The van der Waals surface area contributed by atoms with Gasteiger partial charge in [0.2, 0.25) is 0 Å². The second-order valence-corrected chi connectivity index (χ2v) is 1.09. The summed E-state index contributed by atoms with van der Waals surface area (Å²) in [6.07, 6.45) is -0.167. The van der Waals surface area contributed by atoms with Crippen LogP contribution in [0.3, 0.4) is 0 Å². The molecule has 0 atom stereocenters. The maximum atomic E-state index is 8.06. The summed E-state index contributed by atoms with van der Waals surface area (Å²) in [4.78, 5) is 0. The van der Waals surface area contributed by atoms with E-state index >= 15 is 0 Å². The third kappa shape index (κ3) is 47.2. The van der Waals surface area contributed by atoms with Crippen LogP contribution in [0.2, 0.25) is 0 Å². The first-order chi connectivity index (χ1) is 1.73. The van der Waals surface area contributed by atoms with Crippen molar-refractivity contribution in [2.75, 3.05) is 0 Å². The minimum absolute atomic E-state index is 0. The van der Waals surface area contributed by atoms with E-state index < -0.39 is 0 Å². The molecule has 1 radical (unpaired) electrons. The monoisotopic (exact) mass is 83.0 g/mol. The van der Waals surface area contributed by atoms with Crippen molar-refractivity contribution < 1.29 is 5.11 Å². The maximum Gasteiger partial charge on any atom is 0.0483 e. The van der Waals surface area contributed by atoms with Crippen LogP contribution >= 0.6 is 0 Å².